The van der Waals surface area contributed by atoms with Gasteiger partial charge in [0.15, 0.2) is 5.13 Å². The summed E-state index contributed by atoms with van der Waals surface area (Å²) in [6, 6.07) is 26.9. The van der Waals surface area contributed by atoms with Crippen molar-refractivity contribution in [2.24, 2.45) is 0 Å². The SMILES string of the molecule is COc1ccc(-c2nc(N(Cc3ccccc3)C(=O)CSCC(=O)Nc3ccccc3)sc2C)cc1. The number of thiazole rings is 1. The van der Waals surface area contributed by atoms with E-state index in [1.165, 1.54) is 23.1 Å². The first-order valence-corrected chi connectivity index (χ1v) is 13.4. The lowest BCUT2D eigenvalue weighted by atomic mass is 10.1. The molecule has 6 nitrogen and oxygen atoms in total. The summed E-state index contributed by atoms with van der Waals surface area (Å²) in [6.07, 6.45) is 0. The Morgan fingerprint density at radius 1 is 0.944 bits per heavy atom. The van der Waals surface area contributed by atoms with Crippen molar-refractivity contribution >= 4 is 45.7 Å². The zero-order chi connectivity index (χ0) is 25.3. The summed E-state index contributed by atoms with van der Waals surface area (Å²) in [5, 5.41) is 3.49. The van der Waals surface area contributed by atoms with Crippen molar-refractivity contribution in [3.05, 3.63) is 95.4 Å². The van der Waals surface area contributed by atoms with Gasteiger partial charge in [0.05, 0.1) is 30.9 Å². The molecule has 0 bridgehead atoms. The van der Waals surface area contributed by atoms with Crippen molar-refractivity contribution in [1.29, 1.82) is 0 Å². The van der Waals surface area contributed by atoms with Gasteiger partial charge in [-0.1, -0.05) is 48.5 Å². The third-order valence-corrected chi connectivity index (χ3v) is 7.29. The van der Waals surface area contributed by atoms with E-state index in [0.29, 0.717) is 11.7 Å². The molecule has 184 valence electrons. The molecule has 4 rings (SSSR count). The number of aromatic nitrogens is 1. The molecule has 0 atom stereocenters. The second-order valence-corrected chi connectivity index (χ2v) is 10.2. The molecule has 0 saturated carbocycles. The number of carbonyl (C=O) groups is 2. The summed E-state index contributed by atoms with van der Waals surface area (Å²) < 4.78 is 5.26. The van der Waals surface area contributed by atoms with Crippen LogP contribution in [0.5, 0.6) is 5.75 Å². The summed E-state index contributed by atoms with van der Waals surface area (Å²) >= 11 is 2.78. The minimum absolute atomic E-state index is 0.0913. The number of nitrogens with one attached hydrogen (secondary N) is 1. The Hall–Kier alpha value is -3.62. The van der Waals surface area contributed by atoms with Gasteiger partial charge in [-0.3, -0.25) is 14.5 Å². The summed E-state index contributed by atoms with van der Waals surface area (Å²) in [6.45, 7) is 2.42. The van der Waals surface area contributed by atoms with Crippen LogP contribution in [0.3, 0.4) is 0 Å². The van der Waals surface area contributed by atoms with E-state index in [2.05, 4.69) is 5.32 Å². The quantitative estimate of drug-likeness (QED) is 0.278. The predicted molar refractivity (Wildman–Crippen MR) is 149 cm³/mol. The number of carbonyl (C=O) groups excluding carboxylic acids is 2. The molecule has 0 aliphatic heterocycles. The molecule has 3 aromatic carbocycles. The molecule has 0 unspecified atom stereocenters. The molecule has 8 heteroatoms. The molecule has 0 saturated heterocycles. The van der Waals surface area contributed by atoms with Crippen LogP contribution in [0.15, 0.2) is 84.9 Å². The molecule has 0 spiro atoms. The molecular weight excluding hydrogens is 490 g/mol. The zero-order valence-electron chi connectivity index (χ0n) is 20.1. The van der Waals surface area contributed by atoms with E-state index in [-0.39, 0.29) is 23.3 Å². The predicted octanol–water partition coefficient (Wildman–Crippen LogP) is 6.03. The van der Waals surface area contributed by atoms with Crippen LogP contribution in [0.4, 0.5) is 10.8 Å². The maximum atomic E-state index is 13.4. The number of methoxy groups -OCH3 is 1. The highest BCUT2D eigenvalue weighted by atomic mass is 32.2. The highest BCUT2D eigenvalue weighted by Crippen LogP contribution is 2.34. The maximum absolute atomic E-state index is 13.4. The van der Waals surface area contributed by atoms with Crippen molar-refractivity contribution in [3.63, 3.8) is 0 Å². The smallest absolute Gasteiger partial charge is 0.239 e. The van der Waals surface area contributed by atoms with Gasteiger partial charge in [0, 0.05) is 16.1 Å². The first kappa shape index (κ1) is 25.5. The lowest BCUT2D eigenvalue weighted by Crippen LogP contribution is -2.32. The molecule has 1 N–H and O–H groups in total. The van der Waals surface area contributed by atoms with E-state index >= 15 is 0 Å². The summed E-state index contributed by atoms with van der Waals surface area (Å²) in [5.74, 6) is 0.909. The van der Waals surface area contributed by atoms with Crippen molar-refractivity contribution in [1.82, 2.24) is 4.98 Å². The van der Waals surface area contributed by atoms with E-state index in [4.69, 9.17) is 9.72 Å². The number of nitrogens with zero attached hydrogens (tertiary/aromatic N) is 2. The topological polar surface area (TPSA) is 71.5 Å². The number of hydrogen-bond donors (Lipinski definition) is 1. The Labute approximate surface area is 219 Å². The Morgan fingerprint density at radius 3 is 2.28 bits per heavy atom. The van der Waals surface area contributed by atoms with Crippen LogP contribution in [0.1, 0.15) is 10.4 Å². The number of para-hydroxylation sites is 1. The van der Waals surface area contributed by atoms with Gasteiger partial charge in [-0.15, -0.1) is 23.1 Å². The largest absolute Gasteiger partial charge is 0.497 e. The molecule has 0 fully saturated rings. The van der Waals surface area contributed by atoms with Gasteiger partial charge in [-0.05, 0) is 48.9 Å². The number of hydrogen-bond acceptors (Lipinski definition) is 6. The van der Waals surface area contributed by atoms with Crippen LogP contribution < -0.4 is 15.0 Å². The third kappa shape index (κ3) is 6.74. The van der Waals surface area contributed by atoms with Crippen LogP contribution >= 0.6 is 23.1 Å². The fraction of sp³-hybridized carbons (Fsp3) is 0.179. The van der Waals surface area contributed by atoms with Gasteiger partial charge in [-0.2, -0.15) is 0 Å². The molecule has 0 aliphatic carbocycles. The number of benzene rings is 3. The van der Waals surface area contributed by atoms with Gasteiger partial charge in [0.1, 0.15) is 5.75 Å². The maximum Gasteiger partial charge on any atom is 0.239 e. The Morgan fingerprint density at radius 2 is 1.61 bits per heavy atom. The van der Waals surface area contributed by atoms with Crippen molar-refractivity contribution in [2.45, 2.75) is 13.5 Å². The van der Waals surface area contributed by atoms with E-state index in [1.54, 1.807) is 12.0 Å². The second-order valence-electron chi connectivity index (χ2n) is 8.00. The van der Waals surface area contributed by atoms with E-state index in [0.717, 1.165) is 33.1 Å². The molecular formula is C28H27N3O3S2. The Bertz CT molecular complexity index is 1290. The number of aryl methyl sites for hydroxylation is 1. The number of thioether (sulfide) groups is 1. The highest BCUT2D eigenvalue weighted by Gasteiger charge is 2.22. The third-order valence-electron chi connectivity index (χ3n) is 5.38. The average Bonchev–Trinajstić information content (AvgIpc) is 3.29. The van der Waals surface area contributed by atoms with Crippen molar-refractivity contribution < 1.29 is 14.3 Å². The lowest BCUT2D eigenvalue weighted by Gasteiger charge is -2.20. The van der Waals surface area contributed by atoms with Crippen LogP contribution in [-0.2, 0) is 16.1 Å². The molecule has 2 amide bonds. The van der Waals surface area contributed by atoms with Crippen LogP contribution in [0.2, 0.25) is 0 Å². The monoisotopic (exact) mass is 517 g/mol. The summed E-state index contributed by atoms with van der Waals surface area (Å²) in [7, 11) is 1.64. The minimum Gasteiger partial charge on any atom is -0.497 e. The Kier molecular flexibility index (Phi) is 8.76. The fourth-order valence-corrected chi connectivity index (χ4v) is 5.21. The summed E-state index contributed by atoms with van der Waals surface area (Å²) in [5.41, 5.74) is 3.56. The number of anilines is 2. The number of rotatable bonds is 10. The van der Waals surface area contributed by atoms with Gasteiger partial charge in [-0.25, -0.2) is 4.98 Å². The molecule has 0 aliphatic rings. The van der Waals surface area contributed by atoms with Crippen molar-refractivity contribution in [3.8, 4) is 17.0 Å². The first-order valence-electron chi connectivity index (χ1n) is 11.4. The van der Waals surface area contributed by atoms with Crippen LogP contribution in [0.25, 0.3) is 11.3 Å². The van der Waals surface area contributed by atoms with E-state index in [9.17, 15) is 9.59 Å². The number of amides is 2. The average molecular weight is 518 g/mol. The van der Waals surface area contributed by atoms with Gasteiger partial charge >= 0.3 is 0 Å². The van der Waals surface area contributed by atoms with Crippen LogP contribution in [0, 0.1) is 6.92 Å². The van der Waals surface area contributed by atoms with Gasteiger partial charge in [0.2, 0.25) is 11.8 Å². The van der Waals surface area contributed by atoms with E-state index in [1.807, 2.05) is 91.9 Å². The summed E-state index contributed by atoms with van der Waals surface area (Å²) in [4.78, 5) is 33.2. The minimum atomic E-state index is -0.138. The molecule has 36 heavy (non-hydrogen) atoms. The highest BCUT2D eigenvalue weighted by molar-refractivity contribution is 8.00. The fourth-order valence-electron chi connectivity index (χ4n) is 3.57. The van der Waals surface area contributed by atoms with Gasteiger partial charge < -0.3 is 10.1 Å². The lowest BCUT2D eigenvalue weighted by molar-refractivity contribution is -0.116. The molecule has 4 aromatic rings. The number of ether oxygens (including phenoxy) is 1. The normalized spacial score (nSPS) is 10.6. The van der Waals surface area contributed by atoms with Gasteiger partial charge in [0.25, 0.3) is 0 Å². The molecule has 1 aromatic heterocycles. The standard InChI is InChI=1S/C28H27N3O3S2/c1-20-27(22-13-15-24(34-2)16-14-22)30-28(36-20)31(17-21-9-5-3-6-10-21)26(33)19-35-18-25(32)29-23-11-7-4-8-12-23/h3-16H,17-19H2,1-2H3,(H,29,32). The first-order chi connectivity index (χ1) is 17.5. The second kappa shape index (κ2) is 12.4. The van der Waals surface area contributed by atoms with Crippen LogP contribution in [-0.4, -0.2) is 35.4 Å². The Balaban J connectivity index is 1.48. The molecule has 0 radical (unpaired) electrons. The van der Waals surface area contributed by atoms with E-state index < -0.39 is 0 Å². The van der Waals surface area contributed by atoms with Crippen molar-refractivity contribution in [2.75, 3.05) is 28.8 Å². The molecule has 1 heterocycles. The zero-order valence-corrected chi connectivity index (χ0v) is 21.8.